The molecule has 0 radical (unpaired) electrons. The number of anilines is 1. The monoisotopic (exact) mass is 275 g/mol. The van der Waals surface area contributed by atoms with Crippen LogP contribution in [0.4, 0.5) is 5.69 Å². The van der Waals surface area contributed by atoms with Crippen molar-refractivity contribution in [2.24, 2.45) is 17.8 Å². The molecule has 4 nitrogen and oxygen atoms in total. The van der Waals surface area contributed by atoms with Crippen LogP contribution in [0, 0.1) is 31.6 Å². The Bertz CT molecular complexity index is 539. The fraction of sp³-hybridized carbons (Fsp3) is 0.500. The third kappa shape index (κ3) is 3.00. The smallest absolute Gasteiger partial charge is 0.307 e. The SMILES string of the molecule is Cc1ccc(NC(=O)C2CC(C)CC2C(=O)O)cc1C. The average Bonchev–Trinajstić information content (AvgIpc) is 2.76. The van der Waals surface area contributed by atoms with Gasteiger partial charge in [0.15, 0.2) is 0 Å². The number of amides is 1. The molecule has 4 heteroatoms. The predicted octanol–water partition coefficient (Wildman–Crippen LogP) is 2.99. The van der Waals surface area contributed by atoms with Crippen LogP contribution in [0.1, 0.15) is 30.9 Å². The molecule has 1 aromatic carbocycles. The summed E-state index contributed by atoms with van der Waals surface area (Å²) in [5.74, 6) is -1.74. The fourth-order valence-corrected chi connectivity index (χ4v) is 2.91. The van der Waals surface area contributed by atoms with E-state index in [4.69, 9.17) is 0 Å². The highest BCUT2D eigenvalue weighted by molar-refractivity contribution is 5.95. The second-order valence-electron chi connectivity index (χ2n) is 5.92. The summed E-state index contributed by atoms with van der Waals surface area (Å²) in [6.07, 6.45) is 1.23. The van der Waals surface area contributed by atoms with Gasteiger partial charge in [-0.3, -0.25) is 9.59 Å². The second-order valence-corrected chi connectivity index (χ2v) is 5.92. The Morgan fingerprint density at radius 1 is 1.15 bits per heavy atom. The number of aryl methyl sites for hydroxylation is 2. The van der Waals surface area contributed by atoms with Crippen LogP contribution in [0.5, 0.6) is 0 Å². The lowest BCUT2D eigenvalue weighted by Crippen LogP contribution is -2.30. The van der Waals surface area contributed by atoms with Crippen molar-refractivity contribution >= 4 is 17.6 Å². The first-order valence-corrected chi connectivity index (χ1v) is 6.99. The number of hydrogen-bond acceptors (Lipinski definition) is 2. The molecule has 0 heterocycles. The number of benzene rings is 1. The minimum absolute atomic E-state index is 0.176. The number of carbonyl (C=O) groups is 2. The van der Waals surface area contributed by atoms with Crippen molar-refractivity contribution in [1.82, 2.24) is 0 Å². The molecule has 2 rings (SSSR count). The van der Waals surface area contributed by atoms with E-state index in [2.05, 4.69) is 5.32 Å². The topological polar surface area (TPSA) is 66.4 Å². The van der Waals surface area contributed by atoms with Crippen molar-refractivity contribution in [3.05, 3.63) is 29.3 Å². The van der Waals surface area contributed by atoms with Gasteiger partial charge in [-0.25, -0.2) is 0 Å². The predicted molar refractivity (Wildman–Crippen MR) is 77.6 cm³/mol. The minimum Gasteiger partial charge on any atom is -0.481 e. The summed E-state index contributed by atoms with van der Waals surface area (Å²) in [6, 6.07) is 5.73. The van der Waals surface area contributed by atoms with E-state index in [0.29, 0.717) is 12.8 Å². The third-order valence-corrected chi connectivity index (χ3v) is 4.23. The van der Waals surface area contributed by atoms with Gasteiger partial charge in [0.05, 0.1) is 11.8 Å². The van der Waals surface area contributed by atoms with Crippen LogP contribution in [-0.2, 0) is 9.59 Å². The molecular weight excluding hydrogens is 254 g/mol. The fourth-order valence-electron chi connectivity index (χ4n) is 2.91. The highest BCUT2D eigenvalue weighted by Gasteiger charge is 2.41. The summed E-state index contributed by atoms with van der Waals surface area (Å²) in [7, 11) is 0. The number of carboxylic acids is 1. The molecule has 0 saturated heterocycles. The number of carbonyl (C=O) groups excluding carboxylic acids is 1. The lowest BCUT2D eigenvalue weighted by molar-refractivity contribution is -0.145. The maximum atomic E-state index is 12.3. The van der Waals surface area contributed by atoms with Crippen LogP contribution >= 0.6 is 0 Å². The van der Waals surface area contributed by atoms with Gasteiger partial charge >= 0.3 is 5.97 Å². The first kappa shape index (κ1) is 14.6. The summed E-state index contributed by atoms with van der Waals surface area (Å²) in [6.45, 7) is 6.00. The lowest BCUT2D eigenvalue weighted by Gasteiger charge is -2.16. The molecule has 1 aliphatic carbocycles. The first-order chi connectivity index (χ1) is 9.38. The third-order valence-electron chi connectivity index (χ3n) is 4.23. The van der Waals surface area contributed by atoms with Crippen LogP contribution < -0.4 is 5.32 Å². The van der Waals surface area contributed by atoms with Crippen LogP contribution in [0.25, 0.3) is 0 Å². The second kappa shape index (κ2) is 5.65. The van der Waals surface area contributed by atoms with Crippen molar-refractivity contribution in [2.75, 3.05) is 5.32 Å². The highest BCUT2D eigenvalue weighted by Crippen LogP contribution is 2.37. The number of nitrogens with one attached hydrogen (secondary N) is 1. The maximum absolute atomic E-state index is 12.3. The van der Waals surface area contributed by atoms with Gasteiger partial charge in [0.2, 0.25) is 5.91 Å². The van der Waals surface area contributed by atoms with E-state index >= 15 is 0 Å². The van der Waals surface area contributed by atoms with Crippen molar-refractivity contribution < 1.29 is 14.7 Å². The van der Waals surface area contributed by atoms with Crippen molar-refractivity contribution in [2.45, 2.75) is 33.6 Å². The quantitative estimate of drug-likeness (QED) is 0.891. The van der Waals surface area contributed by atoms with Gasteiger partial charge in [0.1, 0.15) is 0 Å². The molecule has 3 unspecified atom stereocenters. The molecule has 1 amide bonds. The standard InChI is InChI=1S/C16H21NO3/c1-9-6-13(14(7-9)16(19)20)15(18)17-12-5-4-10(2)11(3)8-12/h4-5,8-9,13-14H,6-7H2,1-3H3,(H,17,18)(H,19,20). The Labute approximate surface area is 119 Å². The summed E-state index contributed by atoms with van der Waals surface area (Å²) in [4.78, 5) is 23.5. The molecular formula is C16H21NO3. The van der Waals surface area contributed by atoms with Crippen LogP contribution in [-0.4, -0.2) is 17.0 Å². The van der Waals surface area contributed by atoms with Gasteiger partial charge in [-0.2, -0.15) is 0 Å². The zero-order valence-corrected chi connectivity index (χ0v) is 12.1. The number of aliphatic carboxylic acids is 1. The molecule has 0 bridgehead atoms. The molecule has 108 valence electrons. The normalized spacial score (nSPS) is 25.4. The zero-order valence-electron chi connectivity index (χ0n) is 12.1. The van der Waals surface area contributed by atoms with Gasteiger partial charge in [0.25, 0.3) is 0 Å². The molecule has 1 aromatic rings. The van der Waals surface area contributed by atoms with Gasteiger partial charge in [-0.05, 0) is 55.9 Å². The molecule has 1 aliphatic rings. The zero-order chi connectivity index (χ0) is 14.9. The van der Waals surface area contributed by atoms with E-state index in [1.165, 1.54) is 5.56 Å². The number of rotatable bonds is 3. The van der Waals surface area contributed by atoms with Crippen LogP contribution in [0.3, 0.4) is 0 Å². The van der Waals surface area contributed by atoms with Crippen LogP contribution in [0.2, 0.25) is 0 Å². The van der Waals surface area contributed by atoms with E-state index in [-0.39, 0.29) is 11.8 Å². The molecule has 0 spiro atoms. The van der Waals surface area contributed by atoms with E-state index < -0.39 is 17.8 Å². The van der Waals surface area contributed by atoms with Crippen molar-refractivity contribution in [3.63, 3.8) is 0 Å². The summed E-state index contributed by atoms with van der Waals surface area (Å²) in [5, 5.41) is 12.1. The molecule has 1 saturated carbocycles. The minimum atomic E-state index is -0.866. The highest BCUT2D eigenvalue weighted by atomic mass is 16.4. The summed E-state index contributed by atoms with van der Waals surface area (Å²) >= 11 is 0. The molecule has 2 N–H and O–H groups in total. The number of hydrogen-bond donors (Lipinski definition) is 2. The maximum Gasteiger partial charge on any atom is 0.307 e. The largest absolute Gasteiger partial charge is 0.481 e. The molecule has 20 heavy (non-hydrogen) atoms. The van der Waals surface area contributed by atoms with E-state index in [9.17, 15) is 14.7 Å². The molecule has 0 aliphatic heterocycles. The Kier molecular flexibility index (Phi) is 4.12. The first-order valence-electron chi connectivity index (χ1n) is 6.99. The number of carboxylic acid groups (broad SMARTS) is 1. The Hall–Kier alpha value is -1.84. The summed E-state index contributed by atoms with van der Waals surface area (Å²) in [5.41, 5.74) is 3.01. The lowest BCUT2D eigenvalue weighted by atomic mass is 9.95. The van der Waals surface area contributed by atoms with E-state index in [1.807, 2.05) is 39.0 Å². The van der Waals surface area contributed by atoms with Crippen molar-refractivity contribution in [3.8, 4) is 0 Å². The van der Waals surface area contributed by atoms with Gasteiger partial charge in [0, 0.05) is 5.69 Å². The molecule has 1 fully saturated rings. The van der Waals surface area contributed by atoms with Gasteiger partial charge in [-0.15, -0.1) is 0 Å². The Balaban J connectivity index is 2.11. The van der Waals surface area contributed by atoms with Crippen LogP contribution in [0.15, 0.2) is 18.2 Å². The van der Waals surface area contributed by atoms with E-state index in [1.54, 1.807) is 0 Å². The van der Waals surface area contributed by atoms with Crippen molar-refractivity contribution in [1.29, 1.82) is 0 Å². The Morgan fingerprint density at radius 2 is 1.80 bits per heavy atom. The summed E-state index contributed by atoms with van der Waals surface area (Å²) < 4.78 is 0. The Morgan fingerprint density at radius 3 is 2.40 bits per heavy atom. The average molecular weight is 275 g/mol. The van der Waals surface area contributed by atoms with Gasteiger partial charge < -0.3 is 10.4 Å². The van der Waals surface area contributed by atoms with Gasteiger partial charge in [-0.1, -0.05) is 13.0 Å². The van der Waals surface area contributed by atoms with E-state index in [0.717, 1.165) is 11.3 Å². The molecule has 3 atom stereocenters. The molecule has 0 aromatic heterocycles.